The van der Waals surface area contributed by atoms with Crippen molar-refractivity contribution in [3.8, 4) is 17.2 Å². The molecule has 0 aromatic heterocycles. The zero-order valence-electron chi connectivity index (χ0n) is 18.8. The lowest BCUT2D eigenvalue weighted by molar-refractivity contribution is -0.384. The SMILES string of the molecule is O=C(/C=C/c1ccc([N+](=O)[O-])cc1)Oc1ccc(Br)cc1/C=C1/N=C(c2ccc3c(c2)OCO3)OC1=O. The highest BCUT2D eigenvalue weighted by atomic mass is 79.9. The average Bonchev–Trinajstić information content (AvgIpc) is 3.50. The number of nitro groups is 1. The molecule has 5 rings (SSSR count). The second kappa shape index (κ2) is 10.1. The lowest BCUT2D eigenvalue weighted by Crippen LogP contribution is -2.06. The number of aliphatic imine (C=N–C) groups is 1. The first-order chi connectivity index (χ1) is 17.9. The van der Waals surface area contributed by atoms with Crippen LogP contribution in [0.25, 0.3) is 12.2 Å². The summed E-state index contributed by atoms with van der Waals surface area (Å²) in [4.78, 5) is 39.5. The highest BCUT2D eigenvalue weighted by Gasteiger charge is 2.26. The van der Waals surface area contributed by atoms with Crippen LogP contribution in [0.5, 0.6) is 17.2 Å². The molecular formula is C26H15BrN2O8. The number of cyclic esters (lactones) is 1. The number of hydrogen-bond donors (Lipinski definition) is 0. The van der Waals surface area contributed by atoms with Crippen molar-refractivity contribution < 1.29 is 33.5 Å². The van der Waals surface area contributed by atoms with Crippen LogP contribution in [-0.2, 0) is 14.3 Å². The largest absolute Gasteiger partial charge is 0.454 e. The number of rotatable bonds is 6. The Kier molecular flexibility index (Phi) is 6.52. The van der Waals surface area contributed by atoms with Crippen molar-refractivity contribution in [2.24, 2.45) is 4.99 Å². The van der Waals surface area contributed by atoms with Gasteiger partial charge in [-0.25, -0.2) is 14.6 Å². The second-order valence-electron chi connectivity index (χ2n) is 7.69. The third-order valence-electron chi connectivity index (χ3n) is 5.23. The maximum absolute atomic E-state index is 12.5. The molecule has 0 N–H and O–H groups in total. The number of carbonyl (C=O) groups is 2. The van der Waals surface area contributed by atoms with E-state index in [2.05, 4.69) is 20.9 Å². The van der Waals surface area contributed by atoms with Gasteiger partial charge in [0.25, 0.3) is 5.69 Å². The average molecular weight is 563 g/mol. The number of hydrogen-bond acceptors (Lipinski definition) is 9. The van der Waals surface area contributed by atoms with Gasteiger partial charge >= 0.3 is 11.9 Å². The third kappa shape index (κ3) is 5.41. The van der Waals surface area contributed by atoms with Crippen LogP contribution in [0.3, 0.4) is 0 Å². The van der Waals surface area contributed by atoms with Gasteiger partial charge in [0.2, 0.25) is 12.7 Å². The van der Waals surface area contributed by atoms with E-state index in [4.69, 9.17) is 18.9 Å². The molecule has 2 heterocycles. The maximum Gasteiger partial charge on any atom is 0.363 e. The van der Waals surface area contributed by atoms with Gasteiger partial charge in [-0.05, 0) is 66.2 Å². The van der Waals surface area contributed by atoms with Crippen LogP contribution < -0.4 is 14.2 Å². The fourth-order valence-electron chi connectivity index (χ4n) is 3.45. The smallest absolute Gasteiger partial charge is 0.363 e. The standard InChI is InChI=1S/C26H15BrN2O8/c27-18-5-9-21(36-24(30)10-3-15-1-6-19(7-2-15)29(32)33)17(11-18)12-20-26(31)37-25(28-20)16-4-8-22-23(13-16)35-14-34-22/h1-13H,14H2/b10-3+,20-12+. The van der Waals surface area contributed by atoms with Crippen molar-refractivity contribution in [1.82, 2.24) is 0 Å². The Labute approximate surface area is 217 Å². The molecule has 0 saturated carbocycles. The molecule has 11 heteroatoms. The quantitative estimate of drug-likeness (QED) is 0.134. The van der Waals surface area contributed by atoms with Crippen LogP contribution in [0.2, 0.25) is 0 Å². The molecule has 0 atom stereocenters. The summed E-state index contributed by atoms with van der Waals surface area (Å²) >= 11 is 3.37. The summed E-state index contributed by atoms with van der Waals surface area (Å²) in [6.07, 6.45) is 4.12. The molecule has 2 aliphatic rings. The molecular weight excluding hydrogens is 548 g/mol. The molecule has 0 saturated heterocycles. The minimum absolute atomic E-state index is 0.0180. The Morgan fingerprint density at radius 3 is 2.62 bits per heavy atom. The summed E-state index contributed by atoms with van der Waals surface area (Å²) in [5.74, 6) is 0.0638. The molecule has 0 unspecified atom stereocenters. The van der Waals surface area contributed by atoms with E-state index in [0.29, 0.717) is 32.7 Å². The molecule has 10 nitrogen and oxygen atoms in total. The van der Waals surface area contributed by atoms with Gasteiger partial charge in [-0.1, -0.05) is 15.9 Å². The third-order valence-corrected chi connectivity index (χ3v) is 5.72. The summed E-state index contributed by atoms with van der Waals surface area (Å²) in [6, 6.07) is 15.7. The molecule has 0 aliphatic carbocycles. The van der Waals surface area contributed by atoms with E-state index in [1.807, 2.05) is 0 Å². The van der Waals surface area contributed by atoms with E-state index in [1.54, 1.807) is 36.4 Å². The Bertz CT molecular complexity index is 1530. The summed E-state index contributed by atoms with van der Waals surface area (Å²) in [7, 11) is 0. The molecule has 3 aromatic rings. The van der Waals surface area contributed by atoms with E-state index in [1.165, 1.54) is 42.5 Å². The van der Waals surface area contributed by atoms with Crippen molar-refractivity contribution in [2.75, 3.05) is 6.79 Å². The van der Waals surface area contributed by atoms with Gasteiger partial charge in [0.15, 0.2) is 17.2 Å². The molecule has 0 fully saturated rings. The van der Waals surface area contributed by atoms with E-state index in [9.17, 15) is 19.7 Å². The summed E-state index contributed by atoms with van der Waals surface area (Å²) in [6.45, 7) is 0.115. The van der Waals surface area contributed by atoms with E-state index in [-0.39, 0.29) is 29.8 Å². The minimum Gasteiger partial charge on any atom is -0.454 e. The first-order valence-corrected chi connectivity index (χ1v) is 11.5. The fourth-order valence-corrected chi connectivity index (χ4v) is 3.83. The van der Waals surface area contributed by atoms with E-state index in [0.717, 1.165) is 0 Å². The summed E-state index contributed by atoms with van der Waals surface area (Å²) < 4.78 is 22.1. The second-order valence-corrected chi connectivity index (χ2v) is 8.60. The monoisotopic (exact) mass is 562 g/mol. The van der Waals surface area contributed by atoms with Crippen LogP contribution in [0.1, 0.15) is 16.7 Å². The molecule has 184 valence electrons. The van der Waals surface area contributed by atoms with Gasteiger partial charge in [0, 0.05) is 33.8 Å². The highest BCUT2D eigenvalue weighted by molar-refractivity contribution is 9.10. The van der Waals surface area contributed by atoms with Gasteiger partial charge in [0.1, 0.15) is 5.75 Å². The van der Waals surface area contributed by atoms with Crippen LogP contribution in [0.4, 0.5) is 5.69 Å². The number of benzene rings is 3. The van der Waals surface area contributed by atoms with Gasteiger partial charge in [-0.2, -0.15) is 0 Å². The normalized spacial score (nSPS) is 15.1. The van der Waals surface area contributed by atoms with Crippen LogP contribution >= 0.6 is 15.9 Å². The predicted molar refractivity (Wildman–Crippen MR) is 135 cm³/mol. The van der Waals surface area contributed by atoms with Crippen molar-refractivity contribution in [3.05, 3.63) is 104 Å². The van der Waals surface area contributed by atoms with E-state index >= 15 is 0 Å². The lowest BCUT2D eigenvalue weighted by atomic mass is 10.1. The number of non-ortho nitro benzene ring substituents is 1. The topological polar surface area (TPSA) is 127 Å². The van der Waals surface area contributed by atoms with Crippen LogP contribution in [-0.4, -0.2) is 29.6 Å². The minimum atomic E-state index is -0.682. The number of fused-ring (bicyclic) bond motifs is 1. The number of halogens is 1. The summed E-state index contributed by atoms with van der Waals surface area (Å²) in [5, 5.41) is 10.8. The Morgan fingerprint density at radius 2 is 1.84 bits per heavy atom. The first kappa shape index (κ1) is 23.9. The molecule has 37 heavy (non-hydrogen) atoms. The van der Waals surface area contributed by atoms with E-state index < -0.39 is 16.9 Å². The first-order valence-electron chi connectivity index (χ1n) is 10.7. The van der Waals surface area contributed by atoms with Crippen LogP contribution in [0, 0.1) is 10.1 Å². The molecule has 0 bridgehead atoms. The van der Waals surface area contributed by atoms with Gasteiger partial charge in [-0.3, -0.25) is 10.1 Å². The maximum atomic E-state index is 12.5. The molecule has 0 spiro atoms. The number of carbonyl (C=O) groups excluding carboxylic acids is 2. The molecule has 0 radical (unpaired) electrons. The van der Waals surface area contributed by atoms with Crippen molar-refractivity contribution >= 4 is 51.6 Å². The number of nitro benzene ring substituents is 1. The number of nitrogens with zero attached hydrogens (tertiary/aromatic N) is 2. The highest BCUT2D eigenvalue weighted by Crippen LogP contribution is 2.34. The van der Waals surface area contributed by atoms with Crippen molar-refractivity contribution in [2.45, 2.75) is 0 Å². The molecule has 2 aliphatic heterocycles. The Balaban J connectivity index is 1.35. The predicted octanol–water partition coefficient (Wildman–Crippen LogP) is 5.05. The number of ether oxygens (including phenoxy) is 4. The van der Waals surface area contributed by atoms with Gasteiger partial charge in [0.05, 0.1) is 4.92 Å². The lowest BCUT2D eigenvalue weighted by Gasteiger charge is -2.06. The molecule has 3 aromatic carbocycles. The summed E-state index contributed by atoms with van der Waals surface area (Å²) in [5.41, 5.74) is 1.50. The van der Waals surface area contributed by atoms with Crippen molar-refractivity contribution in [3.63, 3.8) is 0 Å². The Hall–Kier alpha value is -4.77. The van der Waals surface area contributed by atoms with Crippen molar-refractivity contribution in [1.29, 1.82) is 0 Å². The Morgan fingerprint density at radius 1 is 1.05 bits per heavy atom. The zero-order chi connectivity index (χ0) is 25.9. The fraction of sp³-hybridized carbons (Fsp3) is 0.0385. The zero-order valence-corrected chi connectivity index (χ0v) is 20.3. The number of esters is 2. The van der Waals surface area contributed by atoms with Crippen LogP contribution in [0.15, 0.2) is 81.9 Å². The van der Waals surface area contributed by atoms with Gasteiger partial charge in [-0.15, -0.1) is 0 Å². The molecule has 0 amide bonds. The van der Waals surface area contributed by atoms with Gasteiger partial charge < -0.3 is 18.9 Å².